The Hall–Kier alpha value is -1.02. The molecule has 14 heavy (non-hydrogen) atoms. The van der Waals surface area contributed by atoms with Crippen molar-refractivity contribution in [2.75, 3.05) is 18.6 Å². The summed E-state index contributed by atoms with van der Waals surface area (Å²) in [6.45, 7) is 1.11. The maximum absolute atomic E-state index is 5.48. The lowest BCUT2D eigenvalue weighted by atomic mass is 10.1. The van der Waals surface area contributed by atoms with Crippen molar-refractivity contribution < 1.29 is 4.74 Å². The molecule has 1 aromatic rings. The molecule has 0 N–H and O–H groups in total. The molecule has 0 spiro atoms. The van der Waals surface area contributed by atoms with Gasteiger partial charge >= 0.3 is 0 Å². The van der Waals surface area contributed by atoms with Crippen molar-refractivity contribution in [1.29, 1.82) is 0 Å². The Kier molecular flexibility index (Phi) is 3.04. The topological polar surface area (TPSA) is 12.5 Å². The Labute approximate surface area is 85.5 Å². The summed E-state index contributed by atoms with van der Waals surface area (Å²) in [4.78, 5) is 2.35. The van der Waals surface area contributed by atoms with Gasteiger partial charge in [-0.15, -0.1) is 0 Å². The number of ether oxygens (including phenoxy) is 1. The molecule has 76 valence electrons. The van der Waals surface area contributed by atoms with E-state index < -0.39 is 0 Å². The zero-order valence-electron chi connectivity index (χ0n) is 8.65. The van der Waals surface area contributed by atoms with E-state index in [-0.39, 0.29) is 6.23 Å². The van der Waals surface area contributed by atoms with Crippen LogP contribution in [0.15, 0.2) is 30.3 Å². The molecule has 1 fully saturated rings. The van der Waals surface area contributed by atoms with Crippen LogP contribution >= 0.6 is 0 Å². The summed E-state index contributed by atoms with van der Waals surface area (Å²) in [5.74, 6) is 0. The molecule has 1 heterocycles. The normalized spacial score (nSPS) is 22.4. The summed E-state index contributed by atoms with van der Waals surface area (Å²) in [6, 6.07) is 10.5. The molecule has 2 nitrogen and oxygen atoms in total. The molecule has 2 rings (SSSR count). The molecule has 1 saturated heterocycles. The third-order valence-electron chi connectivity index (χ3n) is 2.81. The Morgan fingerprint density at radius 1 is 1.21 bits per heavy atom. The molecule has 0 radical (unpaired) electrons. The van der Waals surface area contributed by atoms with Crippen molar-refractivity contribution in [2.24, 2.45) is 0 Å². The van der Waals surface area contributed by atoms with Gasteiger partial charge in [0.05, 0.1) is 0 Å². The fraction of sp³-hybridized carbons (Fsp3) is 0.500. The van der Waals surface area contributed by atoms with Crippen LogP contribution in [0.2, 0.25) is 0 Å². The fourth-order valence-electron chi connectivity index (χ4n) is 2.06. The number of rotatable bonds is 2. The van der Waals surface area contributed by atoms with Crippen LogP contribution in [0.5, 0.6) is 0 Å². The van der Waals surface area contributed by atoms with Gasteiger partial charge in [-0.2, -0.15) is 0 Å². The van der Waals surface area contributed by atoms with Crippen LogP contribution < -0.4 is 4.90 Å². The van der Waals surface area contributed by atoms with Gasteiger partial charge in [-0.3, -0.25) is 0 Å². The van der Waals surface area contributed by atoms with Gasteiger partial charge in [0.1, 0.15) is 6.23 Å². The Morgan fingerprint density at radius 3 is 2.71 bits per heavy atom. The molecule has 0 saturated carbocycles. The van der Waals surface area contributed by atoms with E-state index in [1.165, 1.54) is 18.5 Å². The van der Waals surface area contributed by atoms with Gasteiger partial charge in [0.2, 0.25) is 0 Å². The number of para-hydroxylation sites is 1. The van der Waals surface area contributed by atoms with E-state index in [0.717, 1.165) is 13.0 Å². The largest absolute Gasteiger partial charge is 0.362 e. The minimum atomic E-state index is 0.270. The highest BCUT2D eigenvalue weighted by atomic mass is 16.5. The minimum absolute atomic E-state index is 0.270. The number of benzene rings is 1. The van der Waals surface area contributed by atoms with Crippen molar-refractivity contribution >= 4 is 5.69 Å². The molecule has 0 amide bonds. The minimum Gasteiger partial charge on any atom is -0.362 e. The summed E-state index contributed by atoms with van der Waals surface area (Å²) < 4.78 is 5.48. The molecular weight excluding hydrogens is 174 g/mol. The Morgan fingerprint density at radius 2 is 2.00 bits per heavy atom. The first-order valence-electron chi connectivity index (χ1n) is 5.26. The number of hydrogen-bond acceptors (Lipinski definition) is 2. The van der Waals surface area contributed by atoms with E-state index in [0.29, 0.717) is 0 Å². The molecule has 0 aromatic heterocycles. The number of anilines is 1. The van der Waals surface area contributed by atoms with E-state index in [1.54, 1.807) is 7.11 Å². The average Bonchev–Trinajstić information content (AvgIpc) is 2.30. The molecule has 1 aromatic carbocycles. The molecule has 1 aliphatic heterocycles. The zero-order valence-corrected chi connectivity index (χ0v) is 8.65. The van der Waals surface area contributed by atoms with Crippen molar-refractivity contribution in [1.82, 2.24) is 0 Å². The predicted molar refractivity (Wildman–Crippen MR) is 58.4 cm³/mol. The van der Waals surface area contributed by atoms with Crippen molar-refractivity contribution in [3.8, 4) is 0 Å². The fourth-order valence-corrected chi connectivity index (χ4v) is 2.06. The molecule has 1 aliphatic rings. The molecule has 0 aliphatic carbocycles. The number of hydrogen-bond donors (Lipinski definition) is 0. The SMILES string of the molecule is COC1CCCCN1c1ccccc1. The monoisotopic (exact) mass is 191 g/mol. The molecule has 1 atom stereocenters. The van der Waals surface area contributed by atoms with Crippen molar-refractivity contribution in [2.45, 2.75) is 25.5 Å². The summed E-state index contributed by atoms with van der Waals surface area (Å²) in [7, 11) is 1.80. The highest BCUT2D eigenvalue weighted by Crippen LogP contribution is 2.24. The number of nitrogens with zero attached hydrogens (tertiary/aromatic N) is 1. The Balaban J connectivity index is 2.15. The molecular formula is C12H17NO. The van der Waals surface area contributed by atoms with Crippen LogP contribution in [0.25, 0.3) is 0 Å². The Bertz CT molecular complexity index is 273. The predicted octanol–water partition coefficient (Wildman–Crippen LogP) is 2.65. The van der Waals surface area contributed by atoms with Gasteiger partial charge in [0.25, 0.3) is 0 Å². The molecule has 1 unspecified atom stereocenters. The van der Waals surface area contributed by atoms with Gasteiger partial charge in [0.15, 0.2) is 0 Å². The van der Waals surface area contributed by atoms with Gasteiger partial charge < -0.3 is 9.64 Å². The van der Waals surface area contributed by atoms with E-state index in [4.69, 9.17) is 4.74 Å². The van der Waals surface area contributed by atoms with E-state index >= 15 is 0 Å². The first kappa shape index (κ1) is 9.53. The van der Waals surface area contributed by atoms with Crippen molar-refractivity contribution in [3.05, 3.63) is 30.3 Å². The second-order valence-electron chi connectivity index (χ2n) is 3.72. The molecule has 0 bridgehead atoms. The quantitative estimate of drug-likeness (QED) is 0.712. The van der Waals surface area contributed by atoms with Crippen LogP contribution in [0.4, 0.5) is 5.69 Å². The van der Waals surface area contributed by atoms with Gasteiger partial charge in [-0.05, 0) is 31.4 Å². The average molecular weight is 191 g/mol. The van der Waals surface area contributed by atoms with Gasteiger partial charge in [-0.1, -0.05) is 18.2 Å². The second kappa shape index (κ2) is 4.47. The van der Waals surface area contributed by atoms with Crippen LogP contribution in [0, 0.1) is 0 Å². The zero-order chi connectivity index (χ0) is 9.80. The van der Waals surface area contributed by atoms with Gasteiger partial charge in [-0.25, -0.2) is 0 Å². The first-order valence-corrected chi connectivity index (χ1v) is 5.26. The third-order valence-corrected chi connectivity index (χ3v) is 2.81. The highest BCUT2D eigenvalue weighted by molar-refractivity contribution is 5.46. The lowest BCUT2D eigenvalue weighted by Crippen LogP contribution is -2.40. The van der Waals surface area contributed by atoms with Crippen LogP contribution in [0.1, 0.15) is 19.3 Å². The summed E-state index contributed by atoms with van der Waals surface area (Å²) in [5, 5.41) is 0. The van der Waals surface area contributed by atoms with E-state index in [1.807, 2.05) is 0 Å². The maximum atomic E-state index is 5.48. The van der Waals surface area contributed by atoms with Crippen molar-refractivity contribution in [3.63, 3.8) is 0 Å². The van der Waals surface area contributed by atoms with Crippen LogP contribution in [-0.4, -0.2) is 19.9 Å². The summed E-state index contributed by atoms with van der Waals surface area (Å²) in [5.41, 5.74) is 1.28. The third kappa shape index (κ3) is 1.90. The molecule has 2 heteroatoms. The lowest BCUT2D eigenvalue weighted by Gasteiger charge is -2.36. The van der Waals surface area contributed by atoms with Crippen LogP contribution in [0.3, 0.4) is 0 Å². The summed E-state index contributed by atoms with van der Waals surface area (Å²) >= 11 is 0. The van der Waals surface area contributed by atoms with E-state index in [9.17, 15) is 0 Å². The highest BCUT2D eigenvalue weighted by Gasteiger charge is 2.21. The first-order chi connectivity index (χ1) is 6.92. The number of piperidine rings is 1. The maximum Gasteiger partial charge on any atom is 0.129 e. The second-order valence-corrected chi connectivity index (χ2v) is 3.72. The smallest absolute Gasteiger partial charge is 0.129 e. The van der Waals surface area contributed by atoms with E-state index in [2.05, 4.69) is 35.2 Å². The summed E-state index contributed by atoms with van der Waals surface area (Å²) in [6.07, 6.45) is 3.97. The standard InChI is InChI=1S/C12H17NO/c1-14-12-9-5-6-10-13(12)11-7-3-2-4-8-11/h2-4,7-8,12H,5-6,9-10H2,1H3. The van der Waals surface area contributed by atoms with Gasteiger partial charge in [0, 0.05) is 19.3 Å². The van der Waals surface area contributed by atoms with Crippen LogP contribution in [-0.2, 0) is 4.74 Å². The number of methoxy groups -OCH3 is 1. The lowest BCUT2D eigenvalue weighted by molar-refractivity contribution is 0.0784.